The molecule has 0 radical (unpaired) electrons. The summed E-state index contributed by atoms with van der Waals surface area (Å²) in [7, 11) is 0. The van der Waals surface area contributed by atoms with Gasteiger partial charge in [-0.2, -0.15) is 21.4 Å². The number of hydrogen-bond donors (Lipinski definition) is 1. The summed E-state index contributed by atoms with van der Waals surface area (Å²) in [6, 6.07) is 0. The summed E-state index contributed by atoms with van der Waals surface area (Å²) in [6.07, 6.45) is -1.62. The van der Waals surface area contributed by atoms with E-state index in [0.717, 1.165) is 0 Å². The molecule has 7 heavy (non-hydrogen) atoms. The first-order chi connectivity index (χ1) is 3.18. The van der Waals surface area contributed by atoms with Gasteiger partial charge in [0.25, 0.3) is 6.08 Å². The Morgan fingerprint density at radius 2 is 2.00 bits per heavy atom. The number of halogens is 2. The van der Waals surface area contributed by atoms with Gasteiger partial charge in [0.2, 0.25) is 0 Å². The Labute approximate surface area is 46.6 Å². The summed E-state index contributed by atoms with van der Waals surface area (Å²) in [5.41, 5.74) is 0.0448. The third-order valence-electron chi connectivity index (χ3n) is 0.560. The van der Waals surface area contributed by atoms with Crippen LogP contribution in [0.1, 0.15) is 6.92 Å². The summed E-state index contributed by atoms with van der Waals surface area (Å²) in [5, 5.41) is 0. The van der Waals surface area contributed by atoms with E-state index in [-0.39, 0.29) is 11.3 Å². The van der Waals surface area contributed by atoms with E-state index in [2.05, 4.69) is 12.6 Å². The Balaban J connectivity index is 3.72. The van der Waals surface area contributed by atoms with Crippen molar-refractivity contribution in [1.29, 1.82) is 0 Å². The molecule has 0 aromatic heterocycles. The average Bonchev–Trinajstić information content (AvgIpc) is 1.65. The molecule has 0 heterocycles. The molecule has 0 aliphatic rings. The van der Waals surface area contributed by atoms with E-state index in [1.54, 1.807) is 0 Å². The van der Waals surface area contributed by atoms with Crippen LogP contribution in [-0.4, -0.2) is 5.75 Å². The molecule has 0 unspecified atom stereocenters. The molecule has 3 heteroatoms. The third-order valence-corrected chi connectivity index (χ3v) is 1.03. The van der Waals surface area contributed by atoms with Crippen molar-refractivity contribution in [1.82, 2.24) is 0 Å². The maximum absolute atomic E-state index is 11.3. The van der Waals surface area contributed by atoms with Gasteiger partial charge in [0.05, 0.1) is 0 Å². The van der Waals surface area contributed by atoms with Crippen molar-refractivity contribution >= 4 is 12.6 Å². The van der Waals surface area contributed by atoms with Crippen molar-refractivity contribution in [2.24, 2.45) is 0 Å². The van der Waals surface area contributed by atoms with Gasteiger partial charge in [-0.05, 0) is 6.92 Å². The Bertz CT molecular complexity index is 83.7. The van der Waals surface area contributed by atoms with E-state index in [0.29, 0.717) is 0 Å². The Hall–Kier alpha value is -0.0500. The van der Waals surface area contributed by atoms with Gasteiger partial charge in [0.1, 0.15) is 0 Å². The number of thiol groups is 1. The Kier molecular flexibility index (Phi) is 3.00. The normalized spacial score (nSPS) is 8.57. The molecule has 0 rings (SSSR count). The maximum Gasteiger partial charge on any atom is 0.270 e. The highest BCUT2D eigenvalue weighted by atomic mass is 32.1. The SMILES string of the molecule is CC(CS)=C(F)F. The van der Waals surface area contributed by atoms with E-state index in [1.807, 2.05) is 0 Å². The first-order valence-corrected chi connectivity index (χ1v) is 2.43. The first kappa shape index (κ1) is 6.95. The largest absolute Gasteiger partial charge is 0.270 e. The molecule has 0 aromatic rings. The summed E-state index contributed by atoms with van der Waals surface area (Å²) in [5.74, 6) is 0.141. The fourth-order valence-corrected chi connectivity index (χ4v) is 0.179. The lowest BCUT2D eigenvalue weighted by Crippen LogP contribution is -1.75. The molecule has 42 valence electrons. The molecule has 0 saturated carbocycles. The van der Waals surface area contributed by atoms with Gasteiger partial charge in [-0.1, -0.05) is 0 Å². The topological polar surface area (TPSA) is 0 Å². The molecule has 0 fully saturated rings. The van der Waals surface area contributed by atoms with Crippen LogP contribution < -0.4 is 0 Å². The second-order valence-corrected chi connectivity index (χ2v) is 1.52. The molecular weight excluding hydrogens is 118 g/mol. The molecule has 0 aliphatic heterocycles. The summed E-state index contributed by atoms with van der Waals surface area (Å²) in [6.45, 7) is 1.35. The van der Waals surface area contributed by atoms with Crippen LogP contribution in [-0.2, 0) is 0 Å². The minimum Gasteiger partial charge on any atom is -0.175 e. The highest BCUT2D eigenvalue weighted by Crippen LogP contribution is 2.06. The smallest absolute Gasteiger partial charge is 0.175 e. The zero-order chi connectivity index (χ0) is 5.86. The second-order valence-electron chi connectivity index (χ2n) is 1.20. The maximum atomic E-state index is 11.3. The summed E-state index contributed by atoms with van der Waals surface area (Å²) in [4.78, 5) is 0. The van der Waals surface area contributed by atoms with Gasteiger partial charge in [-0.25, -0.2) is 0 Å². The molecule has 0 nitrogen and oxygen atoms in total. The van der Waals surface area contributed by atoms with E-state index >= 15 is 0 Å². The zero-order valence-corrected chi connectivity index (χ0v) is 4.80. The van der Waals surface area contributed by atoms with Crippen molar-refractivity contribution in [3.05, 3.63) is 11.7 Å². The Morgan fingerprint density at radius 1 is 1.57 bits per heavy atom. The average molecular weight is 124 g/mol. The van der Waals surface area contributed by atoms with Gasteiger partial charge in [0.15, 0.2) is 0 Å². The highest BCUT2D eigenvalue weighted by molar-refractivity contribution is 7.80. The molecule has 0 spiro atoms. The van der Waals surface area contributed by atoms with Crippen LogP contribution in [0.15, 0.2) is 11.7 Å². The van der Waals surface area contributed by atoms with Crippen LogP contribution in [0.2, 0.25) is 0 Å². The van der Waals surface area contributed by atoms with E-state index in [1.165, 1.54) is 6.92 Å². The van der Waals surface area contributed by atoms with Crippen molar-refractivity contribution in [2.45, 2.75) is 6.92 Å². The van der Waals surface area contributed by atoms with E-state index in [9.17, 15) is 8.78 Å². The predicted octanol–water partition coefficient (Wildman–Crippen LogP) is 2.09. The number of hydrogen-bond acceptors (Lipinski definition) is 1. The quantitative estimate of drug-likeness (QED) is 0.508. The molecule has 0 aromatic carbocycles. The lowest BCUT2D eigenvalue weighted by molar-refractivity contribution is 0.412. The lowest BCUT2D eigenvalue weighted by Gasteiger charge is -1.86. The number of rotatable bonds is 1. The van der Waals surface area contributed by atoms with Gasteiger partial charge < -0.3 is 0 Å². The van der Waals surface area contributed by atoms with Crippen molar-refractivity contribution in [2.75, 3.05) is 5.75 Å². The van der Waals surface area contributed by atoms with Crippen molar-refractivity contribution in [3.8, 4) is 0 Å². The van der Waals surface area contributed by atoms with Crippen molar-refractivity contribution < 1.29 is 8.78 Å². The van der Waals surface area contributed by atoms with Gasteiger partial charge in [-0.3, -0.25) is 0 Å². The molecule has 0 atom stereocenters. The van der Waals surface area contributed by atoms with Crippen LogP contribution >= 0.6 is 12.6 Å². The summed E-state index contributed by atoms with van der Waals surface area (Å²) < 4.78 is 22.5. The van der Waals surface area contributed by atoms with E-state index < -0.39 is 6.08 Å². The molecule has 0 N–H and O–H groups in total. The van der Waals surface area contributed by atoms with Crippen molar-refractivity contribution in [3.63, 3.8) is 0 Å². The predicted molar refractivity (Wildman–Crippen MR) is 28.8 cm³/mol. The van der Waals surface area contributed by atoms with Gasteiger partial charge >= 0.3 is 0 Å². The lowest BCUT2D eigenvalue weighted by atomic mass is 10.4. The molecule has 0 amide bonds. The molecular formula is C4H6F2S. The van der Waals surface area contributed by atoms with Crippen LogP contribution in [0.4, 0.5) is 8.78 Å². The summed E-state index contributed by atoms with van der Waals surface area (Å²) >= 11 is 3.62. The van der Waals surface area contributed by atoms with E-state index in [4.69, 9.17) is 0 Å². The zero-order valence-electron chi connectivity index (χ0n) is 3.91. The minimum absolute atomic E-state index is 0.0448. The first-order valence-electron chi connectivity index (χ1n) is 1.80. The minimum atomic E-state index is -1.62. The van der Waals surface area contributed by atoms with Gasteiger partial charge in [-0.15, -0.1) is 0 Å². The second kappa shape index (κ2) is 3.02. The Morgan fingerprint density at radius 3 is 2.00 bits per heavy atom. The van der Waals surface area contributed by atoms with Crippen LogP contribution in [0.3, 0.4) is 0 Å². The third kappa shape index (κ3) is 2.62. The van der Waals surface area contributed by atoms with Gasteiger partial charge in [0, 0.05) is 11.3 Å². The van der Waals surface area contributed by atoms with Crippen LogP contribution in [0, 0.1) is 0 Å². The highest BCUT2D eigenvalue weighted by Gasteiger charge is 1.93. The molecule has 0 aliphatic carbocycles. The molecule has 0 bridgehead atoms. The van der Waals surface area contributed by atoms with Crippen LogP contribution in [0.25, 0.3) is 0 Å². The monoisotopic (exact) mass is 124 g/mol. The standard InChI is InChI=1S/C4H6F2S/c1-3(2-7)4(5)6/h7H,2H2,1H3. The fourth-order valence-electron chi connectivity index (χ4n) is 0.0598. The van der Waals surface area contributed by atoms with Crippen LogP contribution in [0.5, 0.6) is 0 Å². The molecule has 0 saturated heterocycles. The fraction of sp³-hybridized carbons (Fsp3) is 0.500.